The zero-order valence-corrected chi connectivity index (χ0v) is 16.2. The Hall–Kier alpha value is -2.73. The summed E-state index contributed by atoms with van der Waals surface area (Å²) in [5.74, 6) is 1.81. The van der Waals surface area contributed by atoms with Crippen LogP contribution in [0.15, 0.2) is 65.6 Å². The summed E-state index contributed by atoms with van der Waals surface area (Å²) in [4.78, 5) is 13.7. The van der Waals surface area contributed by atoms with Crippen LogP contribution in [0.4, 0.5) is 16.3 Å². The van der Waals surface area contributed by atoms with Gasteiger partial charge in [0.1, 0.15) is 5.82 Å². The normalized spacial score (nSPS) is 18.1. The van der Waals surface area contributed by atoms with Crippen LogP contribution in [0.5, 0.6) is 0 Å². The summed E-state index contributed by atoms with van der Waals surface area (Å²) in [5, 5.41) is 10.6. The number of carbonyl (C=O) groups excluding carboxylic acids is 1. The van der Waals surface area contributed by atoms with E-state index in [1.54, 1.807) is 16.4 Å². The molecule has 2 amide bonds. The molecule has 1 aliphatic rings. The Kier molecular flexibility index (Phi) is 4.90. The second-order valence-corrected chi connectivity index (χ2v) is 7.71. The summed E-state index contributed by atoms with van der Waals surface area (Å²) >= 11 is 1.67. The maximum absolute atomic E-state index is 12.5. The van der Waals surface area contributed by atoms with Gasteiger partial charge in [0.05, 0.1) is 11.4 Å². The van der Waals surface area contributed by atoms with Crippen molar-refractivity contribution in [2.24, 2.45) is 5.92 Å². The summed E-state index contributed by atoms with van der Waals surface area (Å²) in [6.45, 7) is 2.23. The number of urea groups is 1. The van der Waals surface area contributed by atoms with E-state index in [1.165, 1.54) is 0 Å². The summed E-state index contributed by atoms with van der Waals surface area (Å²) in [5.41, 5.74) is 2.72. The molecule has 0 aliphatic heterocycles. The van der Waals surface area contributed by atoms with Crippen LogP contribution in [0, 0.1) is 5.92 Å². The highest BCUT2D eigenvalue weighted by molar-refractivity contribution is 7.98. The lowest BCUT2D eigenvalue weighted by Gasteiger charge is -2.10. The third-order valence-electron chi connectivity index (χ3n) is 4.81. The molecule has 138 valence electrons. The molecular weight excluding hydrogens is 356 g/mol. The highest BCUT2D eigenvalue weighted by Crippen LogP contribution is 2.47. The van der Waals surface area contributed by atoms with Gasteiger partial charge in [0.25, 0.3) is 0 Å². The van der Waals surface area contributed by atoms with E-state index in [-0.39, 0.29) is 6.03 Å². The van der Waals surface area contributed by atoms with E-state index in [9.17, 15) is 4.79 Å². The Balaban J connectivity index is 1.54. The molecule has 0 spiro atoms. The Labute approximate surface area is 163 Å². The van der Waals surface area contributed by atoms with Gasteiger partial charge in [0.15, 0.2) is 0 Å². The molecule has 4 rings (SSSR count). The number of anilines is 2. The Morgan fingerprint density at radius 3 is 2.44 bits per heavy atom. The van der Waals surface area contributed by atoms with Crippen molar-refractivity contribution in [1.82, 2.24) is 9.78 Å². The number of amides is 2. The fraction of sp³-hybridized carbons (Fsp3) is 0.238. The molecule has 5 nitrogen and oxygen atoms in total. The lowest BCUT2D eigenvalue weighted by Crippen LogP contribution is -2.21. The maximum Gasteiger partial charge on any atom is 0.324 e. The molecule has 1 fully saturated rings. The molecule has 2 aromatic carbocycles. The van der Waals surface area contributed by atoms with Gasteiger partial charge in [-0.1, -0.05) is 25.1 Å². The lowest BCUT2D eigenvalue weighted by molar-refractivity contribution is 0.262. The van der Waals surface area contributed by atoms with E-state index in [0.717, 1.165) is 28.4 Å². The van der Waals surface area contributed by atoms with Gasteiger partial charge in [0, 0.05) is 22.6 Å². The molecule has 0 saturated heterocycles. The van der Waals surface area contributed by atoms with Crippen molar-refractivity contribution >= 4 is 29.3 Å². The number of carbonyl (C=O) groups is 1. The van der Waals surface area contributed by atoms with Gasteiger partial charge in [-0.25, -0.2) is 9.48 Å². The number of thioether (sulfide) groups is 1. The molecule has 2 unspecified atom stereocenters. The number of rotatable bonds is 5. The van der Waals surface area contributed by atoms with Crippen LogP contribution in [0.2, 0.25) is 0 Å². The van der Waals surface area contributed by atoms with E-state index in [4.69, 9.17) is 5.10 Å². The predicted octanol–water partition coefficient (Wildman–Crippen LogP) is 5.36. The number of para-hydroxylation sites is 1. The topological polar surface area (TPSA) is 59.0 Å². The Morgan fingerprint density at radius 1 is 1.11 bits per heavy atom. The lowest BCUT2D eigenvalue weighted by atomic mass is 10.2. The minimum Gasteiger partial charge on any atom is -0.308 e. The zero-order chi connectivity index (χ0) is 18.8. The average molecular weight is 379 g/mol. The molecule has 27 heavy (non-hydrogen) atoms. The third-order valence-corrected chi connectivity index (χ3v) is 5.55. The van der Waals surface area contributed by atoms with Crippen LogP contribution in [0.3, 0.4) is 0 Å². The molecule has 1 aromatic heterocycles. The van der Waals surface area contributed by atoms with Crippen molar-refractivity contribution in [2.75, 3.05) is 16.9 Å². The first-order valence-corrected chi connectivity index (χ1v) is 10.2. The molecule has 3 aromatic rings. The maximum atomic E-state index is 12.5. The second-order valence-electron chi connectivity index (χ2n) is 6.83. The molecule has 0 radical (unpaired) electrons. The van der Waals surface area contributed by atoms with Crippen LogP contribution >= 0.6 is 11.8 Å². The number of hydrogen-bond donors (Lipinski definition) is 2. The van der Waals surface area contributed by atoms with Crippen LogP contribution < -0.4 is 10.6 Å². The quantitative estimate of drug-likeness (QED) is 0.588. The van der Waals surface area contributed by atoms with E-state index in [2.05, 4.69) is 17.6 Å². The largest absolute Gasteiger partial charge is 0.324 e. The molecule has 2 N–H and O–H groups in total. The number of nitrogens with zero attached hydrogens (tertiary/aromatic N) is 2. The first-order chi connectivity index (χ1) is 13.1. The SMILES string of the molecule is CSc1ccc(NC(=O)Nc2cc(C3CC3C)nn2-c2ccccc2)cc1. The monoisotopic (exact) mass is 378 g/mol. The van der Waals surface area contributed by atoms with Gasteiger partial charge in [0.2, 0.25) is 0 Å². The Morgan fingerprint density at radius 2 is 1.81 bits per heavy atom. The predicted molar refractivity (Wildman–Crippen MR) is 111 cm³/mol. The first kappa shape index (κ1) is 17.7. The fourth-order valence-electron chi connectivity index (χ4n) is 3.12. The fourth-order valence-corrected chi connectivity index (χ4v) is 3.53. The minimum absolute atomic E-state index is 0.278. The van der Waals surface area contributed by atoms with Gasteiger partial charge in [-0.15, -0.1) is 11.8 Å². The third kappa shape index (κ3) is 4.01. The van der Waals surface area contributed by atoms with Crippen LogP contribution in [0.1, 0.15) is 25.0 Å². The van der Waals surface area contributed by atoms with Crippen LogP contribution in [-0.2, 0) is 0 Å². The smallest absolute Gasteiger partial charge is 0.308 e. The number of nitrogens with one attached hydrogen (secondary N) is 2. The van der Waals surface area contributed by atoms with Crippen molar-refractivity contribution in [1.29, 1.82) is 0 Å². The summed E-state index contributed by atoms with van der Waals surface area (Å²) < 4.78 is 1.80. The molecule has 0 bridgehead atoms. The summed E-state index contributed by atoms with van der Waals surface area (Å²) in [7, 11) is 0. The van der Waals surface area contributed by atoms with Crippen molar-refractivity contribution in [3.63, 3.8) is 0 Å². The molecule has 1 aliphatic carbocycles. The molecule has 6 heteroatoms. The minimum atomic E-state index is -0.278. The first-order valence-electron chi connectivity index (χ1n) is 9.01. The molecule has 1 heterocycles. The van der Waals surface area contributed by atoms with Crippen LogP contribution in [-0.4, -0.2) is 22.1 Å². The van der Waals surface area contributed by atoms with Gasteiger partial charge in [-0.05, 0) is 55.0 Å². The molecular formula is C21H22N4OS. The van der Waals surface area contributed by atoms with Gasteiger partial charge in [-0.3, -0.25) is 5.32 Å². The van der Waals surface area contributed by atoms with Crippen molar-refractivity contribution in [3.05, 3.63) is 66.4 Å². The number of hydrogen-bond acceptors (Lipinski definition) is 3. The van der Waals surface area contributed by atoms with Crippen molar-refractivity contribution in [3.8, 4) is 5.69 Å². The molecule has 2 atom stereocenters. The van der Waals surface area contributed by atoms with E-state index < -0.39 is 0 Å². The summed E-state index contributed by atoms with van der Waals surface area (Å²) in [6.07, 6.45) is 3.18. The van der Waals surface area contributed by atoms with Crippen LogP contribution in [0.25, 0.3) is 5.69 Å². The zero-order valence-electron chi connectivity index (χ0n) is 15.3. The Bertz CT molecular complexity index is 937. The van der Waals surface area contributed by atoms with E-state index >= 15 is 0 Å². The second kappa shape index (κ2) is 7.48. The number of benzene rings is 2. The van der Waals surface area contributed by atoms with Gasteiger partial charge in [-0.2, -0.15) is 5.10 Å². The highest BCUT2D eigenvalue weighted by atomic mass is 32.2. The molecule has 1 saturated carbocycles. The summed E-state index contributed by atoms with van der Waals surface area (Å²) in [6, 6.07) is 19.3. The highest BCUT2D eigenvalue weighted by Gasteiger charge is 2.36. The van der Waals surface area contributed by atoms with Crippen molar-refractivity contribution < 1.29 is 4.79 Å². The van der Waals surface area contributed by atoms with Crippen molar-refractivity contribution in [2.45, 2.75) is 24.2 Å². The van der Waals surface area contributed by atoms with Gasteiger partial charge < -0.3 is 5.32 Å². The average Bonchev–Trinajstić information content (AvgIpc) is 3.28. The number of aromatic nitrogens is 2. The van der Waals surface area contributed by atoms with E-state index in [1.807, 2.05) is 66.9 Å². The van der Waals surface area contributed by atoms with E-state index in [0.29, 0.717) is 17.7 Å². The van der Waals surface area contributed by atoms with Gasteiger partial charge >= 0.3 is 6.03 Å². The standard InChI is InChI=1S/C21H22N4OS/c1-14-12-18(14)19-13-20(25(24-19)16-6-4-3-5-7-16)23-21(26)22-15-8-10-17(27-2)11-9-15/h3-11,13-14,18H,12H2,1-2H3,(H2,22,23,26).